The van der Waals surface area contributed by atoms with Crippen molar-refractivity contribution in [3.05, 3.63) is 29.8 Å². The third-order valence-corrected chi connectivity index (χ3v) is 7.89. The third-order valence-electron chi connectivity index (χ3n) is 7.89. The molecule has 0 amide bonds. The van der Waals surface area contributed by atoms with Gasteiger partial charge in [-0.2, -0.15) is 0 Å². The molecular weight excluding hydrogens is 356 g/mol. The van der Waals surface area contributed by atoms with Gasteiger partial charge in [0.15, 0.2) is 0 Å². The summed E-state index contributed by atoms with van der Waals surface area (Å²) in [6.07, 6.45) is 4.98. The Balaban J connectivity index is 1.72. The fraction of sp³-hybridized carbons (Fsp3) is 0.778. The summed E-state index contributed by atoms with van der Waals surface area (Å²) < 4.78 is 12.3. The Kier molecular flexibility index (Phi) is 6.18. The Morgan fingerprint density at radius 3 is 2.03 bits per heavy atom. The summed E-state index contributed by atoms with van der Waals surface area (Å²) in [7, 11) is 1.80. The number of benzene rings is 1. The van der Waals surface area contributed by atoms with E-state index in [1.54, 1.807) is 7.11 Å². The largest absolute Gasteiger partial charge is 0.465 e. The van der Waals surface area contributed by atoms with Gasteiger partial charge in [0.2, 0.25) is 6.29 Å². The van der Waals surface area contributed by atoms with Gasteiger partial charge < -0.3 is 9.47 Å². The van der Waals surface area contributed by atoms with Gasteiger partial charge in [-0.1, -0.05) is 67.5 Å². The number of ether oxygens (including phenoxy) is 2. The quantitative estimate of drug-likeness (QED) is 0.456. The maximum Gasteiger partial charge on any atom is 0.202 e. The van der Waals surface area contributed by atoms with Crippen molar-refractivity contribution in [2.24, 2.45) is 34.0 Å². The number of hydrogen-bond acceptors (Lipinski definition) is 2. The average molecular weight is 401 g/mol. The Morgan fingerprint density at radius 1 is 1.00 bits per heavy atom. The molecule has 2 nitrogen and oxygen atoms in total. The van der Waals surface area contributed by atoms with E-state index in [1.165, 1.54) is 31.2 Å². The highest BCUT2D eigenvalue weighted by atomic mass is 16.7. The van der Waals surface area contributed by atoms with Gasteiger partial charge in [0, 0.05) is 13.0 Å². The summed E-state index contributed by atoms with van der Waals surface area (Å²) in [5.74, 6) is 3.52. The van der Waals surface area contributed by atoms with E-state index in [-0.39, 0.29) is 11.7 Å². The summed E-state index contributed by atoms with van der Waals surface area (Å²) in [5, 5.41) is 0. The van der Waals surface area contributed by atoms with Crippen molar-refractivity contribution >= 4 is 0 Å². The molecule has 3 rings (SSSR count). The van der Waals surface area contributed by atoms with Gasteiger partial charge >= 0.3 is 0 Å². The molecule has 0 N–H and O–H groups in total. The van der Waals surface area contributed by atoms with Crippen LogP contribution in [-0.2, 0) is 4.74 Å². The normalized spacial score (nSPS) is 28.4. The molecule has 1 aromatic carbocycles. The molecule has 2 aliphatic carbocycles. The van der Waals surface area contributed by atoms with Gasteiger partial charge in [-0.05, 0) is 77.4 Å². The van der Waals surface area contributed by atoms with E-state index in [0.29, 0.717) is 28.6 Å². The zero-order chi connectivity index (χ0) is 21.6. The predicted molar refractivity (Wildman–Crippen MR) is 122 cm³/mol. The third kappa shape index (κ3) is 4.84. The van der Waals surface area contributed by atoms with E-state index in [4.69, 9.17) is 9.47 Å². The predicted octanol–water partition coefficient (Wildman–Crippen LogP) is 7.68. The van der Waals surface area contributed by atoms with Gasteiger partial charge in [-0.3, -0.25) is 0 Å². The lowest BCUT2D eigenvalue weighted by Gasteiger charge is -2.36. The lowest BCUT2D eigenvalue weighted by Crippen LogP contribution is -2.34. The topological polar surface area (TPSA) is 18.5 Å². The first-order chi connectivity index (χ1) is 13.3. The number of fused-ring (bicyclic) bond motifs is 2. The molecule has 5 atom stereocenters. The molecule has 0 aliphatic heterocycles. The van der Waals surface area contributed by atoms with E-state index in [9.17, 15) is 0 Å². The minimum atomic E-state index is -0.136. The Bertz CT molecular complexity index is 674. The van der Waals surface area contributed by atoms with Crippen LogP contribution >= 0.6 is 0 Å². The highest BCUT2D eigenvalue weighted by molar-refractivity contribution is 5.31. The van der Waals surface area contributed by atoms with Crippen LogP contribution in [0.2, 0.25) is 0 Å². The smallest absolute Gasteiger partial charge is 0.202 e. The van der Waals surface area contributed by atoms with E-state index in [1.807, 2.05) is 0 Å². The molecule has 0 aromatic heterocycles. The maximum absolute atomic E-state index is 6.39. The lowest BCUT2D eigenvalue weighted by molar-refractivity contribution is -0.109. The monoisotopic (exact) mass is 400 g/mol. The van der Waals surface area contributed by atoms with Gasteiger partial charge in [0.1, 0.15) is 5.75 Å². The summed E-state index contributed by atoms with van der Waals surface area (Å²) in [5.41, 5.74) is 2.39. The summed E-state index contributed by atoms with van der Waals surface area (Å²) in [4.78, 5) is 0. The van der Waals surface area contributed by atoms with Crippen LogP contribution in [0.3, 0.4) is 0 Å². The highest BCUT2D eigenvalue weighted by Crippen LogP contribution is 2.61. The second-order valence-corrected chi connectivity index (χ2v) is 12.6. The SMILES string of the molecule is COC(Oc1ccc(C(CC(C)(C)C)C(C)(C)C)cc1)C1CC2CCC1C2(C)C. The lowest BCUT2D eigenvalue weighted by atomic mass is 9.69. The van der Waals surface area contributed by atoms with E-state index in [2.05, 4.69) is 79.7 Å². The van der Waals surface area contributed by atoms with Crippen molar-refractivity contribution in [1.29, 1.82) is 0 Å². The van der Waals surface area contributed by atoms with Crippen LogP contribution in [0.15, 0.2) is 24.3 Å². The number of rotatable bonds is 6. The minimum absolute atomic E-state index is 0.136. The van der Waals surface area contributed by atoms with Crippen LogP contribution in [0.1, 0.15) is 92.6 Å². The molecule has 29 heavy (non-hydrogen) atoms. The maximum atomic E-state index is 6.39. The summed E-state index contributed by atoms with van der Waals surface area (Å²) >= 11 is 0. The van der Waals surface area contributed by atoms with Crippen LogP contribution in [-0.4, -0.2) is 13.4 Å². The van der Waals surface area contributed by atoms with Crippen molar-refractivity contribution < 1.29 is 9.47 Å². The molecule has 2 saturated carbocycles. The Hall–Kier alpha value is -1.02. The van der Waals surface area contributed by atoms with Crippen molar-refractivity contribution in [2.75, 3.05) is 7.11 Å². The molecule has 2 aliphatic rings. The van der Waals surface area contributed by atoms with Gasteiger partial charge in [-0.25, -0.2) is 0 Å². The molecule has 0 heterocycles. The first-order valence-corrected chi connectivity index (χ1v) is 11.6. The molecule has 164 valence electrons. The molecule has 1 aromatic rings. The second kappa shape index (κ2) is 7.91. The van der Waals surface area contributed by atoms with E-state index < -0.39 is 0 Å². The van der Waals surface area contributed by atoms with Crippen LogP contribution in [0.4, 0.5) is 0 Å². The van der Waals surface area contributed by atoms with Crippen LogP contribution < -0.4 is 4.74 Å². The first-order valence-electron chi connectivity index (χ1n) is 11.6. The first kappa shape index (κ1) is 22.7. The van der Waals surface area contributed by atoms with Gasteiger partial charge in [-0.15, -0.1) is 0 Å². The molecular formula is C27H44O2. The molecule has 5 unspecified atom stereocenters. The molecule has 2 heteroatoms. The number of hydrogen-bond donors (Lipinski definition) is 0. The van der Waals surface area contributed by atoms with Crippen LogP contribution in [0.5, 0.6) is 5.75 Å². The number of methoxy groups -OCH3 is 1. The molecule has 2 fully saturated rings. The van der Waals surface area contributed by atoms with Crippen molar-refractivity contribution in [3.63, 3.8) is 0 Å². The van der Waals surface area contributed by atoms with Gasteiger partial charge in [0.25, 0.3) is 0 Å². The molecule has 0 saturated heterocycles. The van der Waals surface area contributed by atoms with Crippen molar-refractivity contribution in [3.8, 4) is 5.75 Å². The Labute approximate surface area is 179 Å². The summed E-state index contributed by atoms with van der Waals surface area (Å²) in [6.45, 7) is 19.0. The molecule has 2 bridgehead atoms. The van der Waals surface area contributed by atoms with E-state index >= 15 is 0 Å². The van der Waals surface area contributed by atoms with E-state index in [0.717, 1.165) is 11.7 Å². The molecule has 0 spiro atoms. The van der Waals surface area contributed by atoms with Gasteiger partial charge in [0.05, 0.1) is 0 Å². The van der Waals surface area contributed by atoms with Crippen molar-refractivity contribution in [2.45, 2.75) is 93.3 Å². The fourth-order valence-electron chi connectivity index (χ4n) is 6.17. The Morgan fingerprint density at radius 2 is 1.62 bits per heavy atom. The van der Waals surface area contributed by atoms with Crippen molar-refractivity contribution in [1.82, 2.24) is 0 Å². The van der Waals surface area contributed by atoms with Crippen LogP contribution in [0.25, 0.3) is 0 Å². The molecule has 0 radical (unpaired) electrons. The summed E-state index contributed by atoms with van der Waals surface area (Å²) in [6, 6.07) is 8.85. The average Bonchev–Trinajstić information content (AvgIpc) is 3.04. The zero-order valence-corrected chi connectivity index (χ0v) is 20.3. The standard InChI is InChI=1S/C27H44O2/c1-25(2,3)17-23(26(4,5)6)18-10-13-20(14-11-18)29-24(28-9)21-16-19-12-15-22(21)27(19,7)8/h10-11,13-14,19,21-24H,12,15-17H2,1-9H3. The van der Waals surface area contributed by atoms with Crippen LogP contribution in [0, 0.1) is 34.0 Å². The fourth-order valence-corrected chi connectivity index (χ4v) is 6.17. The zero-order valence-electron chi connectivity index (χ0n) is 20.3. The highest BCUT2D eigenvalue weighted by Gasteiger charge is 2.55. The minimum Gasteiger partial charge on any atom is -0.465 e. The second-order valence-electron chi connectivity index (χ2n) is 12.6.